The lowest BCUT2D eigenvalue weighted by Gasteiger charge is -2.18. The first-order chi connectivity index (χ1) is 12.7. The van der Waals surface area contributed by atoms with E-state index < -0.39 is 6.04 Å². The third kappa shape index (κ3) is 7.14. The molecule has 0 spiro atoms. The molecule has 0 heterocycles. The first-order valence-corrected chi connectivity index (χ1v) is 10.9. The van der Waals surface area contributed by atoms with E-state index in [1.807, 2.05) is 54.8 Å². The number of hydrogen-bond donors (Lipinski definition) is 2. The normalized spacial score (nSPS) is 11.6. The second-order valence-electron chi connectivity index (χ2n) is 5.63. The van der Waals surface area contributed by atoms with Crippen molar-refractivity contribution in [3.05, 3.63) is 66.2 Å². The zero-order valence-electron chi connectivity index (χ0n) is 14.8. The van der Waals surface area contributed by atoms with Gasteiger partial charge in [-0.1, -0.05) is 36.4 Å². The largest absolute Gasteiger partial charge is 0.353 e. The average molecular weight is 389 g/mol. The Morgan fingerprint density at radius 3 is 2.27 bits per heavy atom. The molecule has 6 heteroatoms. The Hall–Kier alpha value is -1.92. The molecule has 0 bridgehead atoms. The van der Waals surface area contributed by atoms with E-state index in [2.05, 4.69) is 10.6 Å². The quantitative estimate of drug-likeness (QED) is 0.483. The van der Waals surface area contributed by atoms with Crippen molar-refractivity contribution in [1.29, 1.82) is 0 Å². The van der Waals surface area contributed by atoms with E-state index in [9.17, 15) is 9.59 Å². The monoisotopic (exact) mass is 388 g/mol. The molecular formula is C20H24N2O2S2. The van der Waals surface area contributed by atoms with Gasteiger partial charge in [0.25, 0.3) is 5.91 Å². The molecule has 0 unspecified atom stereocenters. The average Bonchev–Trinajstić information content (AvgIpc) is 2.69. The summed E-state index contributed by atoms with van der Waals surface area (Å²) in [6, 6.07) is 18.5. The van der Waals surface area contributed by atoms with Crippen LogP contribution in [-0.2, 0) is 4.79 Å². The molecule has 2 rings (SSSR count). The molecule has 0 saturated heterocycles. The second kappa shape index (κ2) is 11.6. The van der Waals surface area contributed by atoms with E-state index in [1.54, 1.807) is 35.7 Å². The van der Waals surface area contributed by atoms with Crippen molar-refractivity contribution in [2.24, 2.45) is 0 Å². The van der Waals surface area contributed by atoms with Gasteiger partial charge in [-0.05, 0) is 42.7 Å². The highest BCUT2D eigenvalue weighted by Crippen LogP contribution is 2.15. The van der Waals surface area contributed by atoms with E-state index >= 15 is 0 Å². The highest BCUT2D eigenvalue weighted by Gasteiger charge is 2.20. The number of carbonyl (C=O) groups excluding carboxylic acids is 2. The molecule has 0 aliphatic carbocycles. The molecule has 1 atom stereocenters. The van der Waals surface area contributed by atoms with Crippen molar-refractivity contribution >= 4 is 35.3 Å². The van der Waals surface area contributed by atoms with Crippen molar-refractivity contribution in [2.45, 2.75) is 17.4 Å². The molecule has 0 fully saturated rings. The van der Waals surface area contributed by atoms with Gasteiger partial charge < -0.3 is 10.6 Å². The number of nitrogens with one attached hydrogen (secondary N) is 2. The van der Waals surface area contributed by atoms with Crippen LogP contribution >= 0.6 is 23.5 Å². The summed E-state index contributed by atoms with van der Waals surface area (Å²) in [5.74, 6) is 1.26. The van der Waals surface area contributed by atoms with Gasteiger partial charge in [0.2, 0.25) is 5.91 Å². The summed E-state index contributed by atoms with van der Waals surface area (Å²) in [6.45, 7) is 0.565. The van der Waals surface area contributed by atoms with Crippen molar-refractivity contribution in [2.75, 3.05) is 24.3 Å². The second-order valence-corrected chi connectivity index (χ2v) is 7.78. The van der Waals surface area contributed by atoms with Gasteiger partial charge >= 0.3 is 0 Å². The summed E-state index contributed by atoms with van der Waals surface area (Å²) in [7, 11) is 0. The first-order valence-electron chi connectivity index (χ1n) is 8.51. The highest BCUT2D eigenvalue weighted by atomic mass is 32.2. The Morgan fingerprint density at radius 2 is 1.62 bits per heavy atom. The molecule has 138 valence electrons. The van der Waals surface area contributed by atoms with Crippen LogP contribution in [0.5, 0.6) is 0 Å². The summed E-state index contributed by atoms with van der Waals surface area (Å²) in [6.07, 6.45) is 2.60. The number of thioether (sulfide) groups is 2. The van der Waals surface area contributed by atoms with Crippen LogP contribution in [0.4, 0.5) is 0 Å². The van der Waals surface area contributed by atoms with E-state index in [-0.39, 0.29) is 11.8 Å². The third-order valence-electron chi connectivity index (χ3n) is 3.68. The number of amides is 2. The molecule has 2 N–H and O–H groups in total. The van der Waals surface area contributed by atoms with E-state index in [4.69, 9.17) is 0 Å². The van der Waals surface area contributed by atoms with Crippen LogP contribution in [0, 0.1) is 0 Å². The molecule has 0 aliphatic rings. The van der Waals surface area contributed by atoms with Crippen LogP contribution < -0.4 is 10.6 Å². The van der Waals surface area contributed by atoms with Crippen molar-refractivity contribution in [1.82, 2.24) is 10.6 Å². The van der Waals surface area contributed by atoms with Gasteiger partial charge in [0.05, 0.1) is 0 Å². The molecule has 26 heavy (non-hydrogen) atoms. The molecule has 0 aliphatic heterocycles. The Bertz CT molecular complexity index is 681. The van der Waals surface area contributed by atoms with Crippen molar-refractivity contribution in [3.8, 4) is 0 Å². The number of hydrogen-bond acceptors (Lipinski definition) is 4. The molecule has 2 aromatic carbocycles. The maximum Gasteiger partial charge on any atom is 0.251 e. The van der Waals surface area contributed by atoms with Crippen LogP contribution in [0.15, 0.2) is 65.6 Å². The number of benzene rings is 2. The first kappa shape index (κ1) is 20.4. The zero-order chi connectivity index (χ0) is 18.6. The maximum atomic E-state index is 12.5. The highest BCUT2D eigenvalue weighted by molar-refractivity contribution is 7.99. The fraction of sp³-hybridized carbons (Fsp3) is 0.300. The smallest absolute Gasteiger partial charge is 0.251 e. The van der Waals surface area contributed by atoms with Crippen molar-refractivity contribution < 1.29 is 9.59 Å². The summed E-state index contributed by atoms with van der Waals surface area (Å²) in [5, 5.41) is 5.79. The Balaban J connectivity index is 1.82. The standard InChI is InChI=1S/C20H24N2O2S2/c1-25-14-12-18(22-19(23)16-8-4-2-5-9-16)20(24)21-13-15-26-17-10-6-3-7-11-17/h2-11,18H,12-15H2,1H3,(H,21,24)(H,22,23)/t18-/m1/s1. The van der Waals surface area contributed by atoms with Crippen LogP contribution in [0.3, 0.4) is 0 Å². The molecule has 0 radical (unpaired) electrons. The molecule has 4 nitrogen and oxygen atoms in total. The zero-order valence-corrected chi connectivity index (χ0v) is 16.4. The van der Waals surface area contributed by atoms with Crippen LogP contribution in [0.1, 0.15) is 16.8 Å². The van der Waals surface area contributed by atoms with Crippen LogP contribution in [0.2, 0.25) is 0 Å². The Labute approximate surface area is 163 Å². The van der Waals surface area contributed by atoms with E-state index in [0.29, 0.717) is 18.5 Å². The Morgan fingerprint density at radius 1 is 0.962 bits per heavy atom. The van der Waals surface area contributed by atoms with E-state index in [1.165, 1.54) is 4.90 Å². The summed E-state index contributed by atoms with van der Waals surface area (Å²) < 4.78 is 0. The summed E-state index contributed by atoms with van der Waals surface area (Å²) in [5.41, 5.74) is 0.564. The van der Waals surface area contributed by atoms with Gasteiger partial charge in [-0.15, -0.1) is 11.8 Å². The maximum absolute atomic E-state index is 12.5. The lowest BCUT2D eigenvalue weighted by molar-refractivity contribution is -0.122. The van der Waals surface area contributed by atoms with Crippen LogP contribution in [0.25, 0.3) is 0 Å². The van der Waals surface area contributed by atoms with Gasteiger partial charge in [-0.25, -0.2) is 0 Å². The predicted molar refractivity (Wildman–Crippen MR) is 111 cm³/mol. The van der Waals surface area contributed by atoms with Gasteiger partial charge in [0.1, 0.15) is 6.04 Å². The summed E-state index contributed by atoms with van der Waals surface area (Å²) in [4.78, 5) is 26.0. The van der Waals surface area contributed by atoms with Gasteiger partial charge in [-0.2, -0.15) is 11.8 Å². The lowest BCUT2D eigenvalue weighted by Crippen LogP contribution is -2.47. The van der Waals surface area contributed by atoms with Gasteiger partial charge in [0.15, 0.2) is 0 Å². The molecule has 2 amide bonds. The number of carbonyl (C=O) groups is 2. The van der Waals surface area contributed by atoms with Gasteiger partial charge in [-0.3, -0.25) is 9.59 Å². The lowest BCUT2D eigenvalue weighted by atomic mass is 10.1. The minimum atomic E-state index is -0.517. The minimum Gasteiger partial charge on any atom is -0.353 e. The predicted octanol–water partition coefficient (Wildman–Crippen LogP) is 3.45. The van der Waals surface area contributed by atoms with Gasteiger partial charge in [0, 0.05) is 22.8 Å². The number of rotatable bonds is 10. The topological polar surface area (TPSA) is 58.2 Å². The van der Waals surface area contributed by atoms with E-state index in [0.717, 1.165) is 11.5 Å². The molecule has 2 aromatic rings. The third-order valence-corrected chi connectivity index (χ3v) is 5.34. The minimum absolute atomic E-state index is 0.128. The fourth-order valence-corrected chi connectivity index (χ4v) is 3.58. The summed E-state index contributed by atoms with van der Waals surface area (Å²) >= 11 is 3.36. The fourth-order valence-electron chi connectivity index (χ4n) is 2.32. The van der Waals surface area contributed by atoms with Crippen LogP contribution in [-0.4, -0.2) is 42.2 Å². The van der Waals surface area contributed by atoms with Crippen molar-refractivity contribution in [3.63, 3.8) is 0 Å². The SMILES string of the molecule is CSCC[C@@H](NC(=O)c1ccccc1)C(=O)NCCSc1ccccc1. The molecule has 0 aromatic heterocycles. The Kier molecular flexibility index (Phi) is 9.14. The molecular weight excluding hydrogens is 364 g/mol. The molecule has 0 saturated carbocycles.